The molecule has 0 saturated carbocycles. The highest BCUT2D eigenvalue weighted by Crippen LogP contribution is 2.16. The Labute approximate surface area is 186 Å². The number of guanidine groups is 1. The van der Waals surface area contributed by atoms with Crippen molar-refractivity contribution in [2.75, 3.05) is 20.4 Å². The highest BCUT2D eigenvalue weighted by Gasteiger charge is 2.09. The first-order valence-corrected chi connectivity index (χ1v) is 10.3. The average molecular weight is 539 g/mol. The predicted molar refractivity (Wildman–Crippen MR) is 120 cm³/mol. The molecular weight excluding hydrogens is 515 g/mol. The lowest BCUT2D eigenvalue weighted by molar-refractivity contribution is -0.0498. The third-order valence-corrected chi connectivity index (χ3v) is 5.07. The second kappa shape index (κ2) is 11.3. The minimum absolute atomic E-state index is 0. The third-order valence-electron chi connectivity index (χ3n) is 3.94. The van der Waals surface area contributed by atoms with Crippen LogP contribution in [-0.4, -0.2) is 46.2 Å². The molecule has 0 fully saturated rings. The van der Waals surface area contributed by atoms with Crippen LogP contribution in [0, 0.1) is 0 Å². The number of sulfone groups is 1. The van der Waals surface area contributed by atoms with E-state index in [1.54, 1.807) is 43.4 Å². The molecule has 1 N–H and O–H groups in total. The normalized spacial score (nSPS) is 11.7. The molecule has 2 aromatic rings. The average Bonchev–Trinajstić information content (AvgIpc) is 2.63. The molecule has 0 radical (unpaired) electrons. The number of nitrogens with zero attached hydrogens (tertiary/aromatic N) is 2. The summed E-state index contributed by atoms with van der Waals surface area (Å²) in [5.74, 6) is 0.751. The number of hydrogen-bond acceptors (Lipinski definition) is 4. The van der Waals surface area contributed by atoms with Gasteiger partial charge in [-0.05, 0) is 35.4 Å². The van der Waals surface area contributed by atoms with Crippen LogP contribution in [0.3, 0.4) is 0 Å². The first kappa shape index (κ1) is 25.1. The van der Waals surface area contributed by atoms with Crippen molar-refractivity contribution in [3.63, 3.8) is 0 Å². The van der Waals surface area contributed by atoms with E-state index in [0.717, 1.165) is 11.1 Å². The second-order valence-corrected chi connectivity index (χ2v) is 8.21. The van der Waals surface area contributed by atoms with Gasteiger partial charge in [0, 0.05) is 33.4 Å². The number of nitrogens with one attached hydrogen (secondary N) is 1. The van der Waals surface area contributed by atoms with Crippen molar-refractivity contribution >= 4 is 39.8 Å². The van der Waals surface area contributed by atoms with E-state index >= 15 is 0 Å². The second-order valence-electron chi connectivity index (χ2n) is 6.20. The largest absolute Gasteiger partial charge is 0.435 e. The molecule has 160 valence electrons. The van der Waals surface area contributed by atoms with E-state index < -0.39 is 16.4 Å². The monoisotopic (exact) mass is 539 g/mol. The van der Waals surface area contributed by atoms with Gasteiger partial charge >= 0.3 is 6.61 Å². The molecule has 6 nitrogen and oxygen atoms in total. The quantitative estimate of drug-likeness (QED) is 0.332. The van der Waals surface area contributed by atoms with Crippen molar-refractivity contribution in [1.82, 2.24) is 10.2 Å². The van der Waals surface area contributed by atoms with Gasteiger partial charge in [0.05, 0.1) is 4.90 Å². The number of ether oxygens (including phenoxy) is 1. The van der Waals surface area contributed by atoms with Crippen LogP contribution in [-0.2, 0) is 22.9 Å². The number of aliphatic imine (C=N–C) groups is 1. The van der Waals surface area contributed by atoms with Crippen LogP contribution >= 0.6 is 24.0 Å². The zero-order chi connectivity index (χ0) is 20.7. The molecular formula is C19H24F2IN3O3S. The van der Waals surface area contributed by atoms with Crippen molar-refractivity contribution in [1.29, 1.82) is 0 Å². The van der Waals surface area contributed by atoms with Gasteiger partial charge in [-0.3, -0.25) is 4.99 Å². The van der Waals surface area contributed by atoms with Gasteiger partial charge in [0.25, 0.3) is 0 Å². The Bertz CT molecular complexity index is 905. The maximum Gasteiger partial charge on any atom is 0.387 e. The number of halogens is 3. The summed E-state index contributed by atoms with van der Waals surface area (Å²) in [6.07, 6.45) is 1.17. The Hall–Kier alpha value is -1.95. The van der Waals surface area contributed by atoms with Crippen LogP contribution in [0.2, 0.25) is 0 Å². The third kappa shape index (κ3) is 8.13. The molecule has 0 heterocycles. The van der Waals surface area contributed by atoms with Gasteiger partial charge in [-0.25, -0.2) is 8.42 Å². The van der Waals surface area contributed by atoms with Crippen LogP contribution in [0.5, 0.6) is 5.75 Å². The predicted octanol–water partition coefficient (Wildman–Crippen LogP) is 3.52. The summed E-state index contributed by atoms with van der Waals surface area (Å²) < 4.78 is 51.8. The Morgan fingerprint density at radius 1 is 1.10 bits per heavy atom. The van der Waals surface area contributed by atoms with E-state index in [4.69, 9.17) is 0 Å². The molecule has 0 atom stereocenters. The number of benzene rings is 2. The fourth-order valence-electron chi connectivity index (χ4n) is 2.55. The van der Waals surface area contributed by atoms with E-state index in [1.165, 1.54) is 18.4 Å². The summed E-state index contributed by atoms with van der Waals surface area (Å²) in [6.45, 7) is -1.85. The van der Waals surface area contributed by atoms with Gasteiger partial charge < -0.3 is 15.0 Å². The van der Waals surface area contributed by atoms with Crippen LogP contribution in [0.15, 0.2) is 58.4 Å². The summed E-state index contributed by atoms with van der Waals surface area (Å²) in [4.78, 5) is 6.38. The molecule has 0 aromatic heterocycles. The van der Waals surface area contributed by atoms with E-state index in [9.17, 15) is 17.2 Å². The molecule has 0 unspecified atom stereocenters. The molecule has 0 amide bonds. The number of rotatable bonds is 7. The topological polar surface area (TPSA) is 71.0 Å². The zero-order valence-corrected chi connectivity index (χ0v) is 19.4. The highest BCUT2D eigenvalue weighted by molar-refractivity contribution is 14.0. The molecule has 0 bridgehead atoms. The summed E-state index contributed by atoms with van der Waals surface area (Å²) in [7, 11) is 0.294. The van der Waals surface area contributed by atoms with Gasteiger partial charge in [-0.2, -0.15) is 8.78 Å². The van der Waals surface area contributed by atoms with Crippen molar-refractivity contribution in [3.05, 3.63) is 59.7 Å². The maximum atomic E-state index is 12.2. The van der Waals surface area contributed by atoms with Crippen molar-refractivity contribution in [2.45, 2.75) is 24.6 Å². The number of alkyl halides is 2. The van der Waals surface area contributed by atoms with Crippen LogP contribution in [0.4, 0.5) is 8.78 Å². The Balaban J connectivity index is 0.00000420. The molecule has 10 heteroatoms. The van der Waals surface area contributed by atoms with E-state index in [1.807, 2.05) is 11.9 Å². The Morgan fingerprint density at radius 3 is 2.14 bits per heavy atom. The van der Waals surface area contributed by atoms with Gasteiger partial charge in [-0.15, -0.1) is 24.0 Å². The fraction of sp³-hybridized carbons (Fsp3) is 0.316. The smallest absolute Gasteiger partial charge is 0.387 e. The van der Waals surface area contributed by atoms with Crippen molar-refractivity contribution in [3.8, 4) is 5.75 Å². The Kier molecular flexibility index (Phi) is 9.77. The molecule has 0 aliphatic heterocycles. The zero-order valence-electron chi connectivity index (χ0n) is 16.3. The first-order valence-electron chi connectivity index (χ1n) is 8.43. The standard InChI is InChI=1S/C19H23F2N3O3S.HI/c1-22-19(23-12-14-6-10-17(11-7-14)28(3,25)26)24(2)13-15-4-8-16(9-5-15)27-18(20)21;/h4-11,18H,12-13H2,1-3H3,(H,22,23);1H. The van der Waals surface area contributed by atoms with Gasteiger partial charge in [-0.1, -0.05) is 24.3 Å². The van der Waals surface area contributed by atoms with Crippen LogP contribution in [0.1, 0.15) is 11.1 Å². The molecule has 2 aromatic carbocycles. The van der Waals surface area contributed by atoms with Gasteiger partial charge in [0.1, 0.15) is 5.75 Å². The van der Waals surface area contributed by atoms with Crippen molar-refractivity contribution < 1.29 is 21.9 Å². The lowest BCUT2D eigenvalue weighted by atomic mass is 10.2. The van der Waals surface area contributed by atoms with Crippen LogP contribution in [0.25, 0.3) is 0 Å². The Morgan fingerprint density at radius 2 is 1.66 bits per heavy atom. The van der Waals surface area contributed by atoms with E-state index in [2.05, 4.69) is 15.0 Å². The molecule has 0 spiro atoms. The van der Waals surface area contributed by atoms with Gasteiger partial charge in [0.2, 0.25) is 0 Å². The molecule has 2 rings (SSSR count). The first-order chi connectivity index (χ1) is 13.2. The fourth-order valence-corrected chi connectivity index (χ4v) is 3.18. The SMILES string of the molecule is CN=C(NCc1ccc(S(C)(=O)=O)cc1)N(C)Cc1ccc(OC(F)F)cc1.I. The molecule has 0 aliphatic carbocycles. The van der Waals surface area contributed by atoms with E-state index in [-0.39, 0.29) is 34.6 Å². The number of hydrogen-bond donors (Lipinski definition) is 1. The summed E-state index contributed by atoms with van der Waals surface area (Å²) in [5, 5.41) is 3.20. The minimum Gasteiger partial charge on any atom is -0.435 e. The highest BCUT2D eigenvalue weighted by atomic mass is 127. The van der Waals surface area contributed by atoms with E-state index in [0.29, 0.717) is 19.0 Å². The maximum absolute atomic E-state index is 12.2. The van der Waals surface area contributed by atoms with Gasteiger partial charge in [0.15, 0.2) is 15.8 Å². The lowest BCUT2D eigenvalue weighted by Gasteiger charge is -2.22. The summed E-state index contributed by atoms with van der Waals surface area (Å²) in [6, 6.07) is 13.1. The molecule has 0 aliphatic rings. The van der Waals surface area contributed by atoms with Crippen LogP contribution < -0.4 is 10.1 Å². The summed E-state index contributed by atoms with van der Waals surface area (Å²) >= 11 is 0. The molecule has 0 saturated heterocycles. The van der Waals surface area contributed by atoms with Crippen molar-refractivity contribution in [2.24, 2.45) is 4.99 Å². The minimum atomic E-state index is -3.22. The lowest BCUT2D eigenvalue weighted by Crippen LogP contribution is -2.38. The molecule has 29 heavy (non-hydrogen) atoms. The summed E-state index contributed by atoms with van der Waals surface area (Å²) in [5.41, 5.74) is 1.82.